The van der Waals surface area contributed by atoms with Crippen LogP contribution in [0.15, 0.2) is 24.3 Å². The second kappa shape index (κ2) is 5.07. The number of ether oxygens (including phenoxy) is 1. The average molecular weight is 237 g/mol. The first-order valence-corrected chi connectivity index (χ1v) is 5.98. The lowest BCUT2D eigenvalue weighted by Crippen LogP contribution is -2.46. The molecule has 0 saturated heterocycles. The summed E-state index contributed by atoms with van der Waals surface area (Å²) in [7, 11) is 1.62. The molecule has 2 atom stereocenters. The fourth-order valence-corrected chi connectivity index (χ4v) is 1.96. The van der Waals surface area contributed by atoms with E-state index in [0.29, 0.717) is 6.54 Å². The van der Waals surface area contributed by atoms with Crippen LogP contribution in [0.25, 0.3) is 0 Å². The zero-order chi connectivity index (χ0) is 13.1. The Hall–Kier alpha value is -1.06. The Balaban J connectivity index is 3.19. The molecule has 0 bridgehead atoms. The second-order valence-corrected chi connectivity index (χ2v) is 4.92. The van der Waals surface area contributed by atoms with Crippen LogP contribution in [-0.2, 0) is 5.60 Å². The molecule has 0 aromatic heterocycles. The molecule has 0 radical (unpaired) electrons. The third-order valence-electron chi connectivity index (χ3n) is 4.04. The highest BCUT2D eigenvalue weighted by atomic mass is 16.5. The first kappa shape index (κ1) is 14.0. The van der Waals surface area contributed by atoms with Gasteiger partial charge >= 0.3 is 0 Å². The van der Waals surface area contributed by atoms with Crippen molar-refractivity contribution in [2.45, 2.75) is 32.8 Å². The van der Waals surface area contributed by atoms with E-state index in [4.69, 9.17) is 10.5 Å². The third-order valence-corrected chi connectivity index (χ3v) is 4.04. The molecule has 0 spiro atoms. The van der Waals surface area contributed by atoms with Gasteiger partial charge in [0.05, 0.1) is 12.7 Å². The second-order valence-electron chi connectivity index (χ2n) is 4.92. The fourth-order valence-electron chi connectivity index (χ4n) is 1.96. The zero-order valence-corrected chi connectivity index (χ0v) is 11.2. The van der Waals surface area contributed by atoms with E-state index in [1.807, 2.05) is 45.0 Å². The average Bonchev–Trinajstić information content (AvgIpc) is 2.37. The zero-order valence-electron chi connectivity index (χ0n) is 11.2. The number of hydrogen-bond donors (Lipinski definition) is 2. The monoisotopic (exact) mass is 237 g/mol. The Labute approximate surface area is 104 Å². The summed E-state index contributed by atoms with van der Waals surface area (Å²) in [6, 6.07) is 7.52. The first-order chi connectivity index (χ1) is 7.91. The molecule has 0 aliphatic rings. The maximum absolute atomic E-state index is 10.8. The van der Waals surface area contributed by atoms with Crippen LogP contribution in [0.5, 0.6) is 5.75 Å². The normalized spacial score (nSPS) is 18.2. The summed E-state index contributed by atoms with van der Waals surface area (Å²) >= 11 is 0. The van der Waals surface area contributed by atoms with E-state index in [9.17, 15) is 5.11 Å². The number of aliphatic hydroxyl groups is 1. The molecule has 17 heavy (non-hydrogen) atoms. The molecule has 1 aromatic carbocycles. The molecule has 0 saturated carbocycles. The lowest BCUT2D eigenvalue weighted by molar-refractivity contribution is -0.0647. The van der Waals surface area contributed by atoms with Crippen molar-refractivity contribution >= 4 is 0 Å². The Morgan fingerprint density at radius 1 is 1.35 bits per heavy atom. The molecule has 0 aliphatic carbocycles. The molecular weight excluding hydrogens is 214 g/mol. The van der Waals surface area contributed by atoms with Crippen LogP contribution < -0.4 is 10.5 Å². The highest BCUT2D eigenvalue weighted by Crippen LogP contribution is 2.42. The molecule has 0 fully saturated rings. The van der Waals surface area contributed by atoms with Gasteiger partial charge in [0, 0.05) is 12.0 Å². The molecule has 0 amide bonds. The van der Waals surface area contributed by atoms with Crippen LogP contribution in [0.2, 0.25) is 0 Å². The van der Waals surface area contributed by atoms with E-state index in [1.165, 1.54) is 0 Å². The lowest BCUT2D eigenvalue weighted by atomic mass is 9.69. The topological polar surface area (TPSA) is 55.5 Å². The van der Waals surface area contributed by atoms with Crippen molar-refractivity contribution < 1.29 is 9.84 Å². The quantitative estimate of drug-likeness (QED) is 0.826. The number of rotatable bonds is 5. The predicted molar refractivity (Wildman–Crippen MR) is 70.0 cm³/mol. The Kier molecular flexibility index (Phi) is 4.17. The minimum atomic E-state index is -0.967. The molecule has 1 rings (SSSR count). The van der Waals surface area contributed by atoms with Crippen LogP contribution in [0.1, 0.15) is 32.8 Å². The molecular formula is C14H23NO2. The maximum atomic E-state index is 10.8. The van der Waals surface area contributed by atoms with Gasteiger partial charge < -0.3 is 15.6 Å². The summed E-state index contributed by atoms with van der Waals surface area (Å²) in [5.41, 5.74) is 5.34. The van der Waals surface area contributed by atoms with Gasteiger partial charge in [0.2, 0.25) is 0 Å². The van der Waals surface area contributed by atoms with Gasteiger partial charge in [-0.15, -0.1) is 0 Å². The number of hydrogen-bond acceptors (Lipinski definition) is 3. The van der Waals surface area contributed by atoms with Crippen molar-refractivity contribution in [3.8, 4) is 5.75 Å². The minimum absolute atomic E-state index is 0.348. The van der Waals surface area contributed by atoms with Crippen molar-refractivity contribution in [3.63, 3.8) is 0 Å². The van der Waals surface area contributed by atoms with E-state index in [2.05, 4.69) is 0 Å². The number of methoxy groups -OCH3 is 1. The predicted octanol–water partition coefficient (Wildman–Crippen LogP) is 2.28. The largest absolute Gasteiger partial charge is 0.497 e. The SMILES string of the molecule is CCC(C)(CN)C(C)(O)c1cccc(OC)c1. The van der Waals surface area contributed by atoms with Gasteiger partial charge in [-0.3, -0.25) is 0 Å². The van der Waals surface area contributed by atoms with Crippen molar-refractivity contribution in [1.29, 1.82) is 0 Å². The summed E-state index contributed by atoms with van der Waals surface area (Å²) < 4.78 is 5.19. The number of benzene rings is 1. The van der Waals surface area contributed by atoms with Gasteiger partial charge in [-0.25, -0.2) is 0 Å². The lowest BCUT2D eigenvalue weighted by Gasteiger charge is -2.42. The van der Waals surface area contributed by atoms with Crippen LogP contribution in [0, 0.1) is 5.41 Å². The van der Waals surface area contributed by atoms with Crippen molar-refractivity contribution in [1.82, 2.24) is 0 Å². The van der Waals surface area contributed by atoms with Gasteiger partial charge in [0.15, 0.2) is 0 Å². The van der Waals surface area contributed by atoms with E-state index in [0.717, 1.165) is 17.7 Å². The summed E-state index contributed by atoms with van der Waals surface area (Å²) in [6.45, 7) is 6.31. The molecule has 0 aliphatic heterocycles. The fraction of sp³-hybridized carbons (Fsp3) is 0.571. The number of nitrogens with two attached hydrogens (primary N) is 1. The van der Waals surface area contributed by atoms with Crippen molar-refractivity contribution in [2.24, 2.45) is 11.1 Å². The van der Waals surface area contributed by atoms with Gasteiger partial charge in [0.1, 0.15) is 5.75 Å². The molecule has 2 unspecified atom stereocenters. The van der Waals surface area contributed by atoms with Gasteiger partial charge in [-0.2, -0.15) is 0 Å². The highest BCUT2D eigenvalue weighted by Gasteiger charge is 2.42. The van der Waals surface area contributed by atoms with Crippen molar-refractivity contribution in [3.05, 3.63) is 29.8 Å². The molecule has 3 N–H and O–H groups in total. The van der Waals surface area contributed by atoms with Gasteiger partial charge in [-0.05, 0) is 31.0 Å². The minimum Gasteiger partial charge on any atom is -0.497 e. The van der Waals surface area contributed by atoms with Crippen LogP contribution in [0.3, 0.4) is 0 Å². The third kappa shape index (κ3) is 2.45. The molecule has 1 aromatic rings. The maximum Gasteiger partial charge on any atom is 0.119 e. The standard InChI is InChI=1S/C14H23NO2/c1-5-13(2,10-15)14(3,16)11-7-6-8-12(9-11)17-4/h6-9,16H,5,10,15H2,1-4H3. The summed E-state index contributed by atoms with van der Waals surface area (Å²) in [5.74, 6) is 0.748. The van der Waals surface area contributed by atoms with E-state index in [1.54, 1.807) is 7.11 Å². The van der Waals surface area contributed by atoms with E-state index in [-0.39, 0.29) is 5.41 Å². The van der Waals surface area contributed by atoms with E-state index < -0.39 is 5.60 Å². The van der Waals surface area contributed by atoms with Gasteiger partial charge in [0.25, 0.3) is 0 Å². The molecule has 96 valence electrons. The van der Waals surface area contributed by atoms with Crippen LogP contribution >= 0.6 is 0 Å². The Bertz CT molecular complexity index is 370. The Morgan fingerprint density at radius 3 is 2.47 bits per heavy atom. The smallest absolute Gasteiger partial charge is 0.119 e. The molecule has 0 heterocycles. The summed E-state index contributed by atoms with van der Waals surface area (Å²) in [4.78, 5) is 0. The van der Waals surface area contributed by atoms with Crippen molar-refractivity contribution in [2.75, 3.05) is 13.7 Å². The molecule has 3 nitrogen and oxygen atoms in total. The summed E-state index contributed by atoms with van der Waals surface area (Å²) in [6.07, 6.45) is 0.813. The van der Waals surface area contributed by atoms with Crippen LogP contribution in [-0.4, -0.2) is 18.8 Å². The van der Waals surface area contributed by atoms with Crippen LogP contribution in [0.4, 0.5) is 0 Å². The first-order valence-electron chi connectivity index (χ1n) is 5.98. The van der Waals surface area contributed by atoms with E-state index >= 15 is 0 Å². The van der Waals surface area contributed by atoms with Gasteiger partial charge in [-0.1, -0.05) is 26.0 Å². The molecule has 3 heteroatoms. The summed E-state index contributed by atoms with van der Waals surface area (Å²) in [5, 5.41) is 10.8. The Morgan fingerprint density at radius 2 is 2.00 bits per heavy atom. The highest BCUT2D eigenvalue weighted by molar-refractivity contribution is 5.33.